The van der Waals surface area contributed by atoms with Gasteiger partial charge in [-0.25, -0.2) is 9.97 Å². The first-order valence-electron chi connectivity index (χ1n) is 8.65. The van der Waals surface area contributed by atoms with Gasteiger partial charge in [0.25, 0.3) is 0 Å². The van der Waals surface area contributed by atoms with Crippen molar-refractivity contribution in [3.63, 3.8) is 0 Å². The van der Waals surface area contributed by atoms with Crippen LogP contribution >= 0.6 is 11.9 Å². The number of fused-ring (bicyclic) bond motifs is 1. The topological polar surface area (TPSA) is 45.2 Å². The van der Waals surface area contributed by atoms with E-state index in [2.05, 4.69) is 57.5 Å². The molecule has 0 saturated heterocycles. The van der Waals surface area contributed by atoms with Crippen molar-refractivity contribution in [3.05, 3.63) is 66.1 Å². The molecule has 0 fully saturated rings. The summed E-state index contributed by atoms with van der Waals surface area (Å²) in [7, 11) is 4.11. The third kappa shape index (κ3) is 3.71. The Morgan fingerprint density at radius 1 is 1.04 bits per heavy atom. The molecule has 1 aliphatic rings. The van der Waals surface area contributed by atoms with Crippen LogP contribution in [-0.4, -0.2) is 39.9 Å². The van der Waals surface area contributed by atoms with Gasteiger partial charge < -0.3 is 4.90 Å². The summed E-state index contributed by atoms with van der Waals surface area (Å²) < 4.78 is 2.10. The van der Waals surface area contributed by atoms with Crippen molar-refractivity contribution in [2.45, 2.75) is 17.9 Å². The van der Waals surface area contributed by atoms with Gasteiger partial charge in [-0.1, -0.05) is 6.07 Å². The zero-order chi connectivity index (χ0) is 17.9. The highest BCUT2D eigenvalue weighted by Crippen LogP contribution is 2.27. The smallest absolute Gasteiger partial charge is 0.178 e. The number of anilines is 1. The van der Waals surface area contributed by atoms with Gasteiger partial charge in [-0.2, -0.15) is 0 Å². The van der Waals surface area contributed by atoms with Gasteiger partial charge in [-0.05, 0) is 62.4 Å². The summed E-state index contributed by atoms with van der Waals surface area (Å²) in [5, 5.41) is 0. The molecule has 0 aliphatic carbocycles. The van der Waals surface area contributed by atoms with Crippen LogP contribution in [0.1, 0.15) is 11.3 Å². The van der Waals surface area contributed by atoms with Gasteiger partial charge in [-0.3, -0.25) is 9.29 Å². The van der Waals surface area contributed by atoms with Gasteiger partial charge in [0.1, 0.15) is 5.69 Å². The van der Waals surface area contributed by atoms with E-state index < -0.39 is 0 Å². The van der Waals surface area contributed by atoms with Crippen LogP contribution in [0.25, 0.3) is 11.5 Å². The predicted octanol–water partition coefficient (Wildman–Crippen LogP) is 3.67. The molecule has 5 nitrogen and oxygen atoms in total. The number of aromatic nitrogens is 3. The summed E-state index contributed by atoms with van der Waals surface area (Å²) in [6.45, 7) is 1.81. The van der Waals surface area contributed by atoms with E-state index >= 15 is 0 Å². The van der Waals surface area contributed by atoms with Crippen molar-refractivity contribution in [2.75, 3.05) is 25.5 Å². The molecule has 0 spiro atoms. The highest BCUT2D eigenvalue weighted by atomic mass is 32.2. The average Bonchev–Trinajstić information content (AvgIpc) is 2.68. The molecule has 6 heteroatoms. The Kier molecular flexibility index (Phi) is 4.86. The standard InChI is InChI=1S/C20H21N5S/c1-24(2)26-17-8-6-16(7-9-17)25-12-10-18-15(14-25)13-22-20(23-18)19-5-3-4-11-21-19/h3-9,11,13H,10,12,14H2,1-2H3. The first-order chi connectivity index (χ1) is 12.7. The summed E-state index contributed by atoms with van der Waals surface area (Å²) in [5.74, 6) is 0.711. The number of hydrogen-bond acceptors (Lipinski definition) is 6. The molecule has 0 bridgehead atoms. The summed E-state index contributed by atoms with van der Waals surface area (Å²) in [4.78, 5) is 17.3. The lowest BCUT2D eigenvalue weighted by atomic mass is 10.1. The molecule has 1 aliphatic heterocycles. The van der Waals surface area contributed by atoms with Crippen LogP contribution in [0.5, 0.6) is 0 Å². The van der Waals surface area contributed by atoms with Crippen LogP contribution in [0, 0.1) is 0 Å². The molecule has 0 unspecified atom stereocenters. The fraction of sp³-hybridized carbons (Fsp3) is 0.250. The SMILES string of the molecule is CN(C)Sc1ccc(N2CCc3nc(-c4ccccn4)ncc3C2)cc1. The number of hydrogen-bond donors (Lipinski definition) is 0. The second kappa shape index (κ2) is 7.43. The Bertz CT molecular complexity index is 880. The van der Waals surface area contributed by atoms with Crippen LogP contribution < -0.4 is 4.90 Å². The molecule has 3 heterocycles. The van der Waals surface area contributed by atoms with Gasteiger partial charge >= 0.3 is 0 Å². The molecule has 0 saturated carbocycles. The van der Waals surface area contributed by atoms with E-state index in [1.807, 2.05) is 24.4 Å². The van der Waals surface area contributed by atoms with E-state index in [1.54, 1.807) is 18.1 Å². The summed E-state index contributed by atoms with van der Waals surface area (Å²) in [6, 6.07) is 14.6. The zero-order valence-electron chi connectivity index (χ0n) is 15.0. The van der Waals surface area contributed by atoms with Crippen LogP contribution in [0.3, 0.4) is 0 Å². The molecule has 0 radical (unpaired) electrons. The van der Waals surface area contributed by atoms with Crippen molar-refractivity contribution in [2.24, 2.45) is 0 Å². The lowest BCUT2D eigenvalue weighted by molar-refractivity contribution is 0.701. The molecular weight excluding hydrogens is 342 g/mol. The molecule has 0 N–H and O–H groups in total. The van der Waals surface area contributed by atoms with E-state index in [-0.39, 0.29) is 0 Å². The molecule has 132 valence electrons. The first-order valence-corrected chi connectivity index (χ1v) is 9.43. The Morgan fingerprint density at radius 2 is 1.88 bits per heavy atom. The van der Waals surface area contributed by atoms with E-state index in [0.717, 1.165) is 30.9 Å². The zero-order valence-corrected chi connectivity index (χ0v) is 15.8. The number of pyridine rings is 1. The lowest BCUT2D eigenvalue weighted by Crippen LogP contribution is -2.31. The van der Waals surface area contributed by atoms with Crippen molar-refractivity contribution in [3.8, 4) is 11.5 Å². The first kappa shape index (κ1) is 17.0. The average molecular weight is 363 g/mol. The Labute approximate surface area is 158 Å². The fourth-order valence-corrected chi connectivity index (χ4v) is 3.76. The minimum atomic E-state index is 0.711. The molecular formula is C20H21N5S. The van der Waals surface area contributed by atoms with Gasteiger partial charge in [0.15, 0.2) is 5.82 Å². The number of rotatable bonds is 4. The normalized spacial score (nSPS) is 13.7. The molecule has 2 aromatic heterocycles. The van der Waals surface area contributed by atoms with Crippen LogP contribution in [0.2, 0.25) is 0 Å². The van der Waals surface area contributed by atoms with E-state index in [0.29, 0.717) is 5.82 Å². The Hall–Kier alpha value is -2.44. The third-order valence-corrected chi connectivity index (χ3v) is 5.17. The fourth-order valence-electron chi connectivity index (χ4n) is 3.08. The monoisotopic (exact) mass is 363 g/mol. The minimum Gasteiger partial charge on any atom is -0.367 e. The van der Waals surface area contributed by atoms with Crippen molar-refractivity contribution in [1.82, 2.24) is 19.3 Å². The summed E-state index contributed by atoms with van der Waals surface area (Å²) in [5.41, 5.74) is 4.40. The van der Waals surface area contributed by atoms with Crippen LogP contribution in [-0.2, 0) is 13.0 Å². The Balaban J connectivity index is 1.51. The van der Waals surface area contributed by atoms with E-state index in [9.17, 15) is 0 Å². The number of benzene rings is 1. The van der Waals surface area contributed by atoms with Gasteiger partial charge in [-0.15, -0.1) is 0 Å². The minimum absolute atomic E-state index is 0.711. The maximum atomic E-state index is 4.75. The van der Waals surface area contributed by atoms with Gasteiger partial charge in [0.2, 0.25) is 0 Å². The van der Waals surface area contributed by atoms with Crippen LogP contribution in [0.15, 0.2) is 59.8 Å². The van der Waals surface area contributed by atoms with E-state index in [4.69, 9.17) is 4.98 Å². The second-order valence-corrected chi connectivity index (χ2v) is 7.83. The highest BCUT2D eigenvalue weighted by Gasteiger charge is 2.19. The quantitative estimate of drug-likeness (QED) is 0.659. The molecule has 0 amide bonds. The van der Waals surface area contributed by atoms with Gasteiger partial charge in [0, 0.05) is 48.1 Å². The maximum Gasteiger partial charge on any atom is 0.178 e. The molecule has 4 rings (SSSR count). The predicted molar refractivity (Wildman–Crippen MR) is 106 cm³/mol. The molecule has 0 atom stereocenters. The molecule has 26 heavy (non-hydrogen) atoms. The number of nitrogens with zero attached hydrogens (tertiary/aromatic N) is 5. The third-order valence-electron chi connectivity index (χ3n) is 4.32. The van der Waals surface area contributed by atoms with Crippen molar-refractivity contribution < 1.29 is 0 Å². The van der Waals surface area contributed by atoms with E-state index in [1.165, 1.54) is 16.1 Å². The summed E-state index contributed by atoms with van der Waals surface area (Å²) >= 11 is 1.73. The van der Waals surface area contributed by atoms with Crippen LogP contribution in [0.4, 0.5) is 5.69 Å². The van der Waals surface area contributed by atoms with Gasteiger partial charge in [0.05, 0.1) is 5.69 Å². The van der Waals surface area contributed by atoms with Crippen molar-refractivity contribution in [1.29, 1.82) is 0 Å². The second-order valence-electron chi connectivity index (χ2n) is 6.45. The maximum absolute atomic E-state index is 4.75. The highest BCUT2D eigenvalue weighted by molar-refractivity contribution is 7.97. The lowest BCUT2D eigenvalue weighted by Gasteiger charge is -2.30. The van der Waals surface area contributed by atoms with Crippen molar-refractivity contribution >= 4 is 17.6 Å². The molecule has 1 aromatic carbocycles. The Morgan fingerprint density at radius 3 is 2.62 bits per heavy atom. The molecule has 3 aromatic rings. The summed E-state index contributed by atoms with van der Waals surface area (Å²) in [6.07, 6.45) is 4.65. The largest absolute Gasteiger partial charge is 0.367 e.